The van der Waals surface area contributed by atoms with E-state index in [4.69, 9.17) is 37.4 Å². The Balaban J connectivity index is 2.86. The minimum Gasteiger partial charge on any atom is -0.457 e. The van der Waals surface area contributed by atoms with E-state index in [1.807, 2.05) is 0 Å². The fourth-order valence-corrected chi connectivity index (χ4v) is 2.19. The molecule has 1 fully saturated rings. The predicted molar refractivity (Wildman–Crippen MR) is 60.9 cm³/mol. The summed E-state index contributed by atoms with van der Waals surface area (Å²) in [7, 11) is 0. The topological polar surface area (TPSA) is 61.8 Å². The van der Waals surface area contributed by atoms with Gasteiger partial charge < -0.3 is 14.2 Å². The fourth-order valence-electron chi connectivity index (χ4n) is 1.63. The first kappa shape index (κ1) is 14.5. The van der Waals surface area contributed by atoms with Gasteiger partial charge in [0.25, 0.3) is 0 Å². The van der Waals surface area contributed by atoms with Gasteiger partial charge >= 0.3 is 11.9 Å². The third-order valence-electron chi connectivity index (χ3n) is 2.30. The largest absolute Gasteiger partial charge is 0.457 e. The van der Waals surface area contributed by atoms with Crippen LogP contribution in [0.25, 0.3) is 0 Å². The highest BCUT2D eigenvalue weighted by Crippen LogP contribution is 2.31. The van der Waals surface area contributed by atoms with Gasteiger partial charge in [0, 0.05) is 13.8 Å². The van der Waals surface area contributed by atoms with Gasteiger partial charge in [0.2, 0.25) is 0 Å². The summed E-state index contributed by atoms with van der Waals surface area (Å²) in [6.07, 6.45) is -2.07. The molecule has 7 heteroatoms. The van der Waals surface area contributed by atoms with Crippen molar-refractivity contribution in [3.63, 3.8) is 0 Å². The number of halogens is 2. The van der Waals surface area contributed by atoms with Gasteiger partial charge in [-0.2, -0.15) is 0 Å². The van der Waals surface area contributed by atoms with E-state index in [-0.39, 0.29) is 0 Å². The fraction of sp³-hybridized carbons (Fsp3) is 0.800. The zero-order valence-electron chi connectivity index (χ0n) is 9.68. The number of carbonyl (C=O) groups excluding carboxylic acids is 2. The number of hydrogen-bond acceptors (Lipinski definition) is 5. The van der Waals surface area contributed by atoms with E-state index in [9.17, 15) is 9.59 Å². The molecule has 1 saturated heterocycles. The van der Waals surface area contributed by atoms with Gasteiger partial charge in [0.1, 0.15) is 5.38 Å². The second-order valence-electron chi connectivity index (χ2n) is 3.78. The maximum absolute atomic E-state index is 11.0. The molecule has 0 saturated carbocycles. The van der Waals surface area contributed by atoms with Gasteiger partial charge in [0.05, 0.1) is 6.10 Å². The Morgan fingerprint density at radius 2 is 1.53 bits per heavy atom. The predicted octanol–water partition coefficient (Wildman–Crippen LogP) is 1.44. The molecule has 0 unspecified atom stereocenters. The van der Waals surface area contributed by atoms with Crippen LogP contribution in [0.5, 0.6) is 0 Å². The highest BCUT2D eigenvalue weighted by Gasteiger charge is 2.46. The molecule has 1 aliphatic rings. The summed E-state index contributed by atoms with van der Waals surface area (Å²) in [4.78, 5) is 22.0. The van der Waals surface area contributed by atoms with Gasteiger partial charge in [-0.25, -0.2) is 0 Å². The molecule has 0 aliphatic carbocycles. The first-order valence-corrected chi connectivity index (χ1v) is 5.98. The standard InChI is InChI=1S/C10H14Cl2O5/c1-4-8(16-5(2)13)9(17-6(3)14)7(11)10(12)15-4/h4,7-10H,1-3H3/t4-,7+,8-,9-,10+/m0/s1. The van der Waals surface area contributed by atoms with Crippen molar-refractivity contribution in [3.05, 3.63) is 0 Å². The van der Waals surface area contributed by atoms with Crippen LogP contribution in [0.2, 0.25) is 0 Å². The molecule has 0 bridgehead atoms. The number of ether oxygens (including phenoxy) is 3. The lowest BCUT2D eigenvalue weighted by Gasteiger charge is -2.40. The third-order valence-corrected chi connectivity index (χ3v) is 3.28. The SMILES string of the molecule is CC(=O)O[C@@H]1[C@@H](OC(C)=O)[C@@H](Cl)[C@H](Cl)O[C@H]1C. The minimum absolute atomic E-state index is 0.499. The summed E-state index contributed by atoms with van der Waals surface area (Å²) >= 11 is 11.9. The van der Waals surface area contributed by atoms with Crippen LogP contribution in [0.3, 0.4) is 0 Å². The van der Waals surface area contributed by atoms with Crippen LogP contribution in [0.1, 0.15) is 20.8 Å². The highest BCUT2D eigenvalue weighted by atomic mass is 35.5. The summed E-state index contributed by atoms with van der Waals surface area (Å²) in [6, 6.07) is 0. The minimum atomic E-state index is -0.815. The number of rotatable bonds is 2. The molecule has 0 amide bonds. The average molecular weight is 285 g/mol. The van der Waals surface area contributed by atoms with Gasteiger partial charge in [-0.15, -0.1) is 11.6 Å². The molecule has 0 aromatic rings. The van der Waals surface area contributed by atoms with E-state index >= 15 is 0 Å². The van der Waals surface area contributed by atoms with Crippen LogP contribution in [0.15, 0.2) is 0 Å². The van der Waals surface area contributed by atoms with E-state index < -0.39 is 41.2 Å². The molecule has 5 atom stereocenters. The van der Waals surface area contributed by atoms with Crippen molar-refractivity contribution in [1.82, 2.24) is 0 Å². The second-order valence-corrected chi connectivity index (χ2v) is 4.72. The van der Waals surface area contributed by atoms with Crippen LogP contribution >= 0.6 is 23.2 Å². The average Bonchev–Trinajstić information content (AvgIpc) is 2.19. The monoisotopic (exact) mass is 284 g/mol. The maximum Gasteiger partial charge on any atom is 0.303 e. The molecule has 1 heterocycles. The molecule has 0 radical (unpaired) electrons. The number of hydrogen-bond donors (Lipinski definition) is 0. The van der Waals surface area contributed by atoms with E-state index in [0.717, 1.165) is 0 Å². The third kappa shape index (κ3) is 3.72. The summed E-state index contributed by atoms with van der Waals surface area (Å²) in [6.45, 7) is 4.17. The Hall–Kier alpha value is -0.520. The molecule has 1 rings (SSSR count). The molecule has 0 aromatic heterocycles. The van der Waals surface area contributed by atoms with Crippen LogP contribution in [0.4, 0.5) is 0 Å². The highest BCUT2D eigenvalue weighted by molar-refractivity contribution is 6.29. The van der Waals surface area contributed by atoms with E-state index in [1.165, 1.54) is 13.8 Å². The van der Waals surface area contributed by atoms with Crippen LogP contribution in [0, 0.1) is 0 Å². The first-order chi connectivity index (χ1) is 7.82. The van der Waals surface area contributed by atoms with E-state index in [1.54, 1.807) is 6.92 Å². The molecular formula is C10H14Cl2O5. The Labute approximate surface area is 109 Å². The van der Waals surface area contributed by atoms with Gasteiger partial charge in [-0.05, 0) is 6.92 Å². The number of carbonyl (C=O) groups is 2. The summed E-state index contributed by atoms with van der Waals surface area (Å²) in [5.74, 6) is -1.02. The summed E-state index contributed by atoms with van der Waals surface area (Å²) in [5.41, 5.74) is -0.803. The summed E-state index contributed by atoms with van der Waals surface area (Å²) in [5, 5.41) is -0.777. The zero-order chi connectivity index (χ0) is 13.2. The van der Waals surface area contributed by atoms with Gasteiger partial charge in [-0.3, -0.25) is 9.59 Å². The van der Waals surface area contributed by atoms with Crippen molar-refractivity contribution in [2.45, 2.75) is 50.0 Å². The molecule has 98 valence electrons. The smallest absolute Gasteiger partial charge is 0.303 e. The van der Waals surface area contributed by atoms with Crippen molar-refractivity contribution in [2.75, 3.05) is 0 Å². The van der Waals surface area contributed by atoms with Gasteiger partial charge in [-0.1, -0.05) is 11.6 Å². The molecule has 17 heavy (non-hydrogen) atoms. The second kappa shape index (κ2) is 5.89. The van der Waals surface area contributed by atoms with Crippen molar-refractivity contribution >= 4 is 35.1 Å². The van der Waals surface area contributed by atoms with Crippen molar-refractivity contribution in [1.29, 1.82) is 0 Å². The molecule has 5 nitrogen and oxygen atoms in total. The van der Waals surface area contributed by atoms with E-state index in [0.29, 0.717) is 0 Å². The normalized spacial score (nSPS) is 37.4. The Kier molecular flexibility index (Phi) is 5.04. The molecule has 0 spiro atoms. The summed E-state index contributed by atoms with van der Waals surface area (Å²) < 4.78 is 15.4. The van der Waals surface area contributed by atoms with E-state index in [2.05, 4.69) is 0 Å². The lowest BCUT2D eigenvalue weighted by molar-refractivity contribution is -0.193. The van der Waals surface area contributed by atoms with Crippen LogP contribution in [-0.2, 0) is 23.8 Å². The quantitative estimate of drug-likeness (QED) is 0.567. The lowest BCUT2D eigenvalue weighted by Crippen LogP contribution is -2.56. The Bertz CT molecular complexity index is 309. The van der Waals surface area contributed by atoms with Crippen LogP contribution in [-0.4, -0.2) is 41.2 Å². The molecule has 1 aliphatic heterocycles. The Morgan fingerprint density at radius 3 is 2.00 bits per heavy atom. The number of esters is 2. The first-order valence-electron chi connectivity index (χ1n) is 5.11. The molecular weight excluding hydrogens is 271 g/mol. The maximum atomic E-state index is 11.0. The lowest BCUT2D eigenvalue weighted by atomic mass is 10.0. The zero-order valence-corrected chi connectivity index (χ0v) is 11.2. The number of alkyl halides is 2. The van der Waals surface area contributed by atoms with Crippen molar-refractivity contribution in [3.8, 4) is 0 Å². The molecule has 0 aromatic carbocycles. The van der Waals surface area contributed by atoms with Crippen molar-refractivity contribution in [2.24, 2.45) is 0 Å². The van der Waals surface area contributed by atoms with Crippen molar-refractivity contribution < 1.29 is 23.8 Å². The van der Waals surface area contributed by atoms with Gasteiger partial charge in [0.15, 0.2) is 17.8 Å². The van der Waals surface area contributed by atoms with Crippen LogP contribution < -0.4 is 0 Å². The Morgan fingerprint density at radius 1 is 1.06 bits per heavy atom. The molecule has 0 N–H and O–H groups in total.